The first-order valence-electron chi connectivity index (χ1n) is 9.26. The van der Waals surface area contributed by atoms with Gasteiger partial charge in [0, 0.05) is 27.6 Å². The first kappa shape index (κ1) is 21.6. The van der Waals surface area contributed by atoms with E-state index in [0.717, 1.165) is 4.31 Å². The van der Waals surface area contributed by atoms with Crippen LogP contribution in [0.25, 0.3) is 11.1 Å². The van der Waals surface area contributed by atoms with E-state index in [2.05, 4.69) is 4.72 Å². The number of carbonyl (C=O) groups excluding carboxylic acids is 1. The van der Waals surface area contributed by atoms with Crippen molar-refractivity contribution in [2.45, 2.75) is 19.9 Å². The van der Waals surface area contributed by atoms with E-state index in [1.807, 2.05) is 0 Å². The maximum atomic E-state index is 12.1. The van der Waals surface area contributed by atoms with Gasteiger partial charge in [0.15, 0.2) is 0 Å². The van der Waals surface area contributed by atoms with Crippen molar-refractivity contribution in [2.24, 2.45) is 0 Å². The van der Waals surface area contributed by atoms with E-state index in [4.69, 9.17) is 0 Å². The molecule has 2 amide bonds. The number of hydrogen-bond acceptors (Lipinski definition) is 4. The van der Waals surface area contributed by atoms with Crippen molar-refractivity contribution in [1.82, 2.24) is 4.31 Å². The van der Waals surface area contributed by atoms with Crippen LogP contribution in [0.3, 0.4) is 0 Å². The molecule has 0 fully saturated rings. The van der Waals surface area contributed by atoms with Crippen LogP contribution in [0.4, 0.5) is 21.9 Å². The Hall–Kier alpha value is -3.11. The van der Waals surface area contributed by atoms with E-state index in [0.29, 0.717) is 28.2 Å². The van der Waals surface area contributed by atoms with Crippen LogP contribution in [0.15, 0.2) is 42.5 Å². The zero-order valence-electron chi connectivity index (χ0n) is 17.2. The number of rotatable bonds is 4. The molecule has 1 atom stereocenters. The van der Waals surface area contributed by atoms with Gasteiger partial charge in [0.05, 0.1) is 23.1 Å². The lowest BCUT2D eigenvalue weighted by Crippen LogP contribution is -2.51. The summed E-state index contributed by atoms with van der Waals surface area (Å²) in [4.78, 5) is 26.7. The number of fused-ring (bicyclic) bond motifs is 1. The van der Waals surface area contributed by atoms with Crippen molar-refractivity contribution in [3.63, 3.8) is 0 Å². The van der Waals surface area contributed by atoms with Crippen molar-refractivity contribution in [3.05, 3.63) is 42.5 Å². The van der Waals surface area contributed by atoms with Gasteiger partial charge in [-0.2, -0.15) is 12.7 Å². The SMILES string of the molecule is CC(=O)N1c2ccc(-c3cccc(NS(=O)(=O)N(C)C)c3)cc2N(C(=O)O)C[C@@H]1C. The third kappa shape index (κ3) is 4.10. The number of carboxylic acid groups (broad SMARTS) is 1. The van der Waals surface area contributed by atoms with E-state index in [1.54, 1.807) is 54.3 Å². The fraction of sp³-hybridized carbons (Fsp3) is 0.300. The van der Waals surface area contributed by atoms with Gasteiger partial charge in [0.2, 0.25) is 5.91 Å². The summed E-state index contributed by atoms with van der Waals surface area (Å²) in [5.41, 5.74) is 2.72. The van der Waals surface area contributed by atoms with E-state index in [1.165, 1.54) is 25.9 Å². The molecule has 0 radical (unpaired) electrons. The molecule has 30 heavy (non-hydrogen) atoms. The highest BCUT2D eigenvalue weighted by atomic mass is 32.2. The molecule has 3 rings (SSSR count). The van der Waals surface area contributed by atoms with Crippen molar-refractivity contribution >= 4 is 39.3 Å². The molecule has 1 aliphatic heterocycles. The van der Waals surface area contributed by atoms with Crippen LogP contribution in [0.1, 0.15) is 13.8 Å². The zero-order chi connectivity index (χ0) is 22.2. The van der Waals surface area contributed by atoms with Crippen LogP contribution in [0, 0.1) is 0 Å². The Morgan fingerprint density at radius 3 is 2.37 bits per heavy atom. The predicted molar refractivity (Wildman–Crippen MR) is 116 cm³/mol. The smallest absolute Gasteiger partial charge is 0.411 e. The third-order valence-corrected chi connectivity index (χ3v) is 6.36. The summed E-state index contributed by atoms with van der Waals surface area (Å²) < 4.78 is 27.7. The van der Waals surface area contributed by atoms with Crippen LogP contribution in [0.2, 0.25) is 0 Å². The number of amides is 2. The van der Waals surface area contributed by atoms with Gasteiger partial charge in [-0.15, -0.1) is 0 Å². The molecule has 2 N–H and O–H groups in total. The summed E-state index contributed by atoms with van der Waals surface area (Å²) in [7, 11) is -0.797. The second kappa shape index (κ2) is 7.96. The molecule has 0 saturated heterocycles. The summed E-state index contributed by atoms with van der Waals surface area (Å²) in [5.74, 6) is -0.165. The molecule has 9 nitrogen and oxygen atoms in total. The molecule has 10 heteroatoms. The molecule has 160 valence electrons. The van der Waals surface area contributed by atoms with Gasteiger partial charge in [-0.25, -0.2) is 4.79 Å². The Labute approximate surface area is 175 Å². The average Bonchev–Trinajstić information content (AvgIpc) is 2.66. The highest BCUT2D eigenvalue weighted by Crippen LogP contribution is 2.39. The van der Waals surface area contributed by atoms with Crippen molar-refractivity contribution < 1.29 is 23.1 Å². The lowest BCUT2D eigenvalue weighted by Gasteiger charge is -2.39. The van der Waals surface area contributed by atoms with Crippen LogP contribution < -0.4 is 14.5 Å². The number of anilines is 3. The summed E-state index contributed by atoms with van der Waals surface area (Å²) in [6.07, 6.45) is -1.10. The van der Waals surface area contributed by atoms with Crippen LogP contribution >= 0.6 is 0 Å². The van der Waals surface area contributed by atoms with Gasteiger partial charge in [0.25, 0.3) is 0 Å². The molecule has 1 aliphatic rings. The van der Waals surface area contributed by atoms with E-state index in [-0.39, 0.29) is 18.5 Å². The average molecular weight is 433 g/mol. The second-order valence-corrected chi connectivity index (χ2v) is 9.19. The number of benzene rings is 2. The van der Waals surface area contributed by atoms with Crippen LogP contribution in [-0.4, -0.2) is 56.5 Å². The Bertz CT molecular complexity index is 1100. The molecule has 0 bridgehead atoms. The molecule has 0 aliphatic carbocycles. The van der Waals surface area contributed by atoms with Crippen molar-refractivity contribution in [3.8, 4) is 11.1 Å². The molecular weight excluding hydrogens is 408 g/mol. The van der Waals surface area contributed by atoms with Gasteiger partial charge < -0.3 is 10.0 Å². The molecule has 0 aromatic heterocycles. The number of nitrogens with zero attached hydrogens (tertiary/aromatic N) is 3. The summed E-state index contributed by atoms with van der Waals surface area (Å²) >= 11 is 0. The van der Waals surface area contributed by atoms with Gasteiger partial charge in [-0.3, -0.25) is 14.4 Å². The molecule has 1 heterocycles. The highest BCUT2D eigenvalue weighted by molar-refractivity contribution is 7.90. The minimum absolute atomic E-state index is 0.161. The van der Waals surface area contributed by atoms with Crippen LogP contribution in [-0.2, 0) is 15.0 Å². The zero-order valence-corrected chi connectivity index (χ0v) is 18.0. The molecule has 0 spiro atoms. The number of nitrogens with one attached hydrogen (secondary N) is 1. The Kier molecular flexibility index (Phi) is 5.73. The fourth-order valence-corrected chi connectivity index (χ4v) is 4.08. The molecule has 2 aromatic rings. The van der Waals surface area contributed by atoms with Crippen molar-refractivity contribution in [2.75, 3.05) is 35.2 Å². The maximum Gasteiger partial charge on any atom is 0.411 e. The Morgan fingerprint density at radius 2 is 1.77 bits per heavy atom. The Balaban J connectivity index is 2.05. The van der Waals surface area contributed by atoms with Gasteiger partial charge in [0.1, 0.15) is 0 Å². The lowest BCUT2D eigenvalue weighted by molar-refractivity contribution is -0.117. The van der Waals surface area contributed by atoms with Crippen molar-refractivity contribution in [1.29, 1.82) is 0 Å². The highest BCUT2D eigenvalue weighted by Gasteiger charge is 2.33. The topological polar surface area (TPSA) is 110 Å². The third-order valence-electron chi connectivity index (χ3n) is 4.91. The lowest BCUT2D eigenvalue weighted by atomic mass is 10.0. The minimum Gasteiger partial charge on any atom is -0.465 e. The molecular formula is C20H24N4O5S. The second-order valence-electron chi connectivity index (χ2n) is 7.31. The van der Waals surface area contributed by atoms with E-state index < -0.39 is 16.3 Å². The van der Waals surface area contributed by atoms with E-state index in [9.17, 15) is 23.1 Å². The molecule has 0 unspecified atom stereocenters. The summed E-state index contributed by atoms with van der Waals surface area (Å²) in [5, 5.41) is 9.65. The van der Waals surface area contributed by atoms with Gasteiger partial charge >= 0.3 is 16.3 Å². The largest absolute Gasteiger partial charge is 0.465 e. The molecule has 2 aromatic carbocycles. The maximum absolute atomic E-state index is 12.1. The first-order valence-corrected chi connectivity index (χ1v) is 10.7. The summed E-state index contributed by atoms with van der Waals surface area (Å²) in [6, 6.07) is 11.7. The Morgan fingerprint density at radius 1 is 1.10 bits per heavy atom. The van der Waals surface area contributed by atoms with Crippen LogP contribution in [0.5, 0.6) is 0 Å². The normalized spacial score (nSPS) is 16.4. The number of hydrogen-bond donors (Lipinski definition) is 2. The van der Waals surface area contributed by atoms with E-state index >= 15 is 0 Å². The quantitative estimate of drug-likeness (QED) is 0.772. The number of carbonyl (C=O) groups is 2. The fourth-order valence-electron chi connectivity index (χ4n) is 3.47. The standard InChI is InChI=1S/C20H24N4O5S/c1-13-12-23(20(26)27)19-11-16(8-9-18(19)24(13)14(2)25)15-6-5-7-17(10-15)21-30(28,29)22(3)4/h5-11,13,21H,12H2,1-4H3,(H,26,27)/t13-/m0/s1. The molecule has 0 saturated carbocycles. The van der Waals surface area contributed by atoms with Gasteiger partial charge in [-0.1, -0.05) is 18.2 Å². The minimum atomic E-state index is -3.65. The predicted octanol–water partition coefficient (Wildman–Crippen LogP) is 2.81. The monoisotopic (exact) mass is 432 g/mol. The summed E-state index contributed by atoms with van der Waals surface area (Å²) in [6.45, 7) is 3.41. The first-order chi connectivity index (χ1) is 14.0. The van der Waals surface area contributed by atoms with Gasteiger partial charge in [-0.05, 0) is 42.3 Å².